The highest BCUT2D eigenvalue weighted by atomic mass is 35.5. The molecule has 0 radical (unpaired) electrons. The van der Waals surface area contributed by atoms with Crippen LogP contribution in [-0.2, 0) is 0 Å². The molecule has 0 aromatic rings. The molecular formula is C3H6Cl2N2. The Hall–Kier alpha value is -0.0400. The van der Waals surface area contributed by atoms with Gasteiger partial charge in [0.25, 0.3) is 0 Å². The highest BCUT2D eigenvalue weighted by Crippen LogP contribution is 1.75. The van der Waals surface area contributed by atoms with Crippen LogP contribution in [0.15, 0.2) is 0 Å². The first-order chi connectivity index (χ1) is 3.33. The molecule has 0 atom stereocenters. The van der Waals surface area contributed by atoms with Crippen molar-refractivity contribution in [2.75, 3.05) is 11.8 Å². The highest BCUT2D eigenvalue weighted by molar-refractivity contribution is 6.25. The average molecular weight is 141 g/mol. The van der Waals surface area contributed by atoms with Crippen molar-refractivity contribution in [2.24, 2.45) is 0 Å². The van der Waals surface area contributed by atoms with Gasteiger partial charge in [-0.2, -0.15) is 4.79 Å². The number of hydrogen-bond acceptors (Lipinski definition) is 0. The molecule has 42 valence electrons. The Morgan fingerprint density at radius 1 is 1.43 bits per heavy atom. The normalized spacial score (nSPS) is 5.43. The summed E-state index contributed by atoms with van der Waals surface area (Å²) in [5, 5.41) is 0. The minimum Gasteiger partial charge on any atom is -0.362 e. The molecule has 2 nitrogen and oxygen atoms in total. The summed E-state index contributed by atoms with van der Waals surface area (Å²) in [7, 11) is 0. The van der Waals surface area contributed by atoms with E-state index in [1.165, 1.54) is 0 Å². The van der Waals surface area contributed by atoms with Crippen LogP contribution < -0.4 is 0 Å². The van der Waals surface area contributed by atoms with Gasteiger partial charge in [0.05, 0.1) is 0 Å². The first kappa shape index (κ1) is 10.0. The molecule has 0 spiro atoms. The van der Waals surface area contributed by atoms with Gasteiger partial charge in [-0.1, -0.05) is 0 Å². The molecule has 0 bridgehead atoms. The predicted molar refractivity (Wildman–Crippen MR) is 32.2 cm³/mol. The van der Waals surface area contributed by atoms with E-state index < -0.39 is 0 Å². The van der Waals surface area contributed by atoms with Gasteiger partial charge in [-0.05, 0) is 0 Å². The van der Waals surface area contributed by atoms with Crippen LogP contribution in [-0.4, -0.2) is 23.3 Å². The van der Waals surface area contributed by atoms with Crippen molar-refractivity contribution in [2.45, 2.75) is 0 Å². The van der Waals surface area contributed by atoms with E-state index in [1.807, 2.05) is 0 Å². The van der Waals surface area contributed by atoms with Crippen molar-refractivity contribution in [3.05, 3.63) is 5.53 Å². The van der Waals surface area contributed by atoms with Gasteiger partial charge in [0.2, 0.25) is 6.72 Å². The van der Waals surface area contributed by atoms with E-state index in [9.17, 15) is 0 Å². The molecule has 0 amide bonds. The van der Waals surface area contributed by atoms with Crippen molar-refractivity contribution >= 4 is 29.9 Å². The van der Waals surface area contributed by atoms with Crippen molar-refractivity contribution in [1.29, 1.82) is 0 Å². The SMILES string of the molecule is C=[N+]=[N-].ClCCCl. The molecule has 0 fully saturated rings. The number of nitrogens with zero attached hydrogens (tertiary/aromatic N) is 2. The van der Waals surface area contributed by atoms with Crippen LogP contribution in [0, 0.1) is 0 Å². The van der Waals surface area contributed by atoms with Gasteiger partial charge in [-0.25, -0.2) is 0 Å². The summed E-state index contributed by atoms with van der Waals surface area (Å²) in [6.45, 7) is 2.67. The third-order valence-electron chi connectivity index (χ3n) is 0.0714. The van der Waals surface area contributed by atoms with Crippen molar-refractivity contribution < 1.29 is 4.79 Å². The largest absolute Gasteiger partial charge is 0.362 e. The molecule has 7 heavy (non-hydrogen) atoms. The number of rotatable bonds is 1. The van der Waals surface area contributed by atoms with Gasteiger partial charge in [-0.15, -0.1) is 23.2 Å². The zero-order valence-electron chi connectivity index (χ0n) is 3.77. The van der Waals surface area contributed by atoms with Crippen LogP contribution >= 0.6 is 23.2 Å². The van der Waals surface area contributed by atoms with E-state index in [2.05, 4.69) is 11.5 Å². The van der Waals surface area contributed by atoms with E-state index in [1.54, 1.807) is 0 Å². The fraction of sp³-hybridized carbons (Fsp3) is 0.667. The summed E-state index contributed by atoms with van der Waals surface area (Å²) in [6.07, 6.45) is 0. The summed E-state index contributed by atoms with van der Waals surface area (Å²) in [4.78, 5) is 2.25. The molecule has 0 N–H and O–H groups in total. The van der Waals surface area contributed by atoms with Gasteiger partial charge in [0, 0.05) is 11.8 Å². The summed E-state index contributed by atoms with van der Waals surface area (Å²) >= 11 is 10.1. The van der Waals surface area contributed by atoms with Crippen LogP contribution in [0.2, 0.25) is 0 Å². The summed E-state index contributed by atoms with van der Waals surface area (Å²) in [5.41, 5.74) is 7.08. The maximum absolute atomic E-state index is 7.08. The average Bonchev–Trinajstić information content (AvgIpc) is 1.69. The molecule has 0 unspecified atom stereocenters. The predicted octanol–water partition coefficient (Wildman–Crippen LogP) is 1.38. The van der Waals surface area contributed by atoms with E-state index in [0.29, 0.717) is 11.8 Å². The van der Waals surface area contributed by atoms with Crippen LogP contribution in [0.5, 0.6) is 0 Å². The summed E-state index contributed by atoms with van der Waals surface area (Å²) in [6, 6.07) is 0. The van der Waals surface area contributed by atoms with Gasteiger partial charge in [-0.3, -0.25) is 0 Å². The second-order valence-corrected chi connectivity index (χ2v) is 1.28. The summed E-state index contributed by atoms with van der Waals surface area (Å²) < 4.78 is 0. The molecule has 0 aromatic heterocycles. The molecule has 0 aliphatic carbocycles. The topological polar surface area (TPSA) is 36.4 Å². The molecule has 4 heteroatoms. The standard InChI is InChI=1S/C2H4Cl2.CH2N2/c3-1-2-4;1-3-2/h1-2H2;1H2. The van der Waals surface area contributed by atoms with Gasteiger partial charge >= 0.3 is 0 Å². The Morgan fingerprint density at radius 2 is 1.57 bits per heavy atom. The number of hydrogen-bond donors (Lipinski definition) is 0. The lowest BCUT2D eigenvalue weighted by molar-refractivity contribution is 0.0110. The maximum Gasteiger partial charge on any atom is 0.245 e. The molecule has 0 rings (SSSR count). The molecule has 0 saturated carbocycles. The third kappa shape index (κ3) is 101. The van der Waals surface area contributed by atoms with Crippen LogP contribution in [0.4, 0.5) is 0 Å². The molecule has 0 aliphatic heterocycles. The highest BCUT2D eigenvalue weighted by Gasteiger charge is 1.61. The fourth-order valence-electron chi connectivity index (χ4n) is 0. The Bertz CT molecular complexity index is 46.9. The van der Waals surface area contributed by atoms with E-state index in [4.69, 9.17) is 28.7 Å². The van der Waals surface area contributed by atoms with Crippen LogP contribution in [0.25, 0.3) is 5.53 Å². The maximum atomic E-state index is 7.08. The number of alkyl halides is 2. The molecule has 0 aromatic carbocycles. The lowest BCUT2D eigenvalue weighted by Gasteiger charge is -1.63. The quantitative estimate of drug-likeness (QED) is 0.229. The second kappa shape index (κ2) is 16.7. The van der Waals surface area contributed by atoms with Gasteiger partial charge in [0.15, 0.2) is 0 Å². The number of halogens is 2. The zero-order chi connectivity index (χ0) is 6.12. The monoisotopic (exact) mass is 140 g/mol. The zero-order valence-corrected chi connectivity index (χ0v) is 5.28. The molecule has 0 heterocycles. The fourth-order valence-corrected chi connectivity index (χ4v) is 0. The van der Waals surface area contributed by atoms with Crippen molar-refractivity contribution in [3.8, 4) is 0 Å². The third-order valence-corrected chi connectivity index (χ3v) is 0.643. The van der Waals surface area contributed by atoms with Crippen molar-refractivity contribution in [3.63, 3.8) is 0 Å². The summed E-state index contributed by atoms with van der Waals surface area (Å²) in [5.74, 6) is 1.11. The smallest absolute Gasteiger partial charge is 0.245 e. The van der Waals surface area contributed by atoms with Crippen molar-refractivity contribution in [1.82, 2.24) is 0 Å². The Labute approximate surface area is 52.7 Å². The Kier molecular flexibility index (Phi) is 24.0. The molecule has 0 saturated heterocycles. The minimum atomic E-state index is 0.557. The van der Waals surface area contributed by atoms with Crippen LogP contribution in [0.1, 0.15) is 0 Å². The molecule has 0 aliphatic rings. The van der Waals surface area contributed by atoms with E-state index in [-0.39, 0.29) is 0 Å². The molecular weight excluding hydrogens is 135 g/mol. The van der Waals surface area contributed by atoms with E-state index >= 15 is 0 Å². The Balaban J connectivity index is 0. The minimum absolute atomic E-state index is 0.557. The lowest BCUT2D eigenvalue weighted by atomic mass is 11.0. The first-order valence-electron chi connectivity index (χ1n) is 1.55. The first-order valence-corrected chi connectivity index (χ1v) is 2.62. The van der Waals surface area contributed by atoms with Gasteiger partial charge in [0.1, 0.15) is 0 Å². The second-order valence-electron chi connectivity index (χ2n) is 0.519. The Morgan fingerprint density at radius 3 is 1.57 bits per heavy atom. The lowest BCUT2D eigenvalue weighted by Crippen LogP contribution is -1.63. The van der Waals surface area contributed by atoms with Gasteiger partial charge < -0.3 is 5.53 Å². The van der Waals surface area contributed by atoms with Crippen LogP contribution in [0.3, 0.4) is 0 Å². The van der Waals surface area contributed by atoms with E-state index in [0.717, 1.165) is 0 Å².